The number of hydrogen-bond donors (Lipinski definition) is 3. The Morgan fingerprint density at radius 3 is 2.95 bits per heavy atom. The summed E-state index contributed by atoms with van der Waals surface area (Å²) in [7, 11) is 0. The fourth-order valence-electron chi connectivity index (χ4n) is 2.24. The first-order valence-electron chi connectivity index (χ1n) is 6.63. The van der Waals surface area contributed by atoms with Gasteiger partial charge in [0, 0.05) is 24.3 Å². The molecular formula is C14H19N3O2. The molecule has 0 saturated heterocycles. The molecular weight excluding hydrogens is 242 g/mol. The van der Waals surface area contributed by atoms with E-state index in [2.05, 4.69) is 16.0 Å². The lowest BCUT2D eigenvalue weighted by molar-refractivity contribution is -0.120. The van der Waals surface area contributed by atoms with Crippen LogP contribution in [0.4, 0.5) is 5.69 Å². The van der Waals surface area contributed by atoms with E-state index in [0.29, 0.717) is 12.1 Å². The van der Waals surface area contributed by atoms with Gasteiger partial charge in [0.05, 0.1) is 6.54 Å². The van der Waals surface area contributed by atoms with Crippen LogP contribution in [0.3, 0.4) is 0 Å². The lowest BCUT2D eigenvalue weighted by atomic mass is 9.97. The summed E-state index contributed by atoms with van der Waals surface area (Å²) < 4.78 is 0. The predicted molar refractivity (Wildman–Crippen MR) is 74.3 cm³/mol. The molecule has 0 bridgehead atoms. The van der Waals surface area contributed by atoms with E-state index in [9.17, 15) is 9.59 Å². The molecule has 1 aromatic carbocycles. The van der Waals surface area contributed by atoms with Crippen molar-refractivity contribution in [1.82, 2.24) is 10.6 Å². The third kappa shape index (κ3) is 3.24. The Morgan fingerprint density at radius 2 is 2.16 bits per heavy atom. The van der Waals surface area contributed by atoms with Gasteiger partial charge < -0.3 is 16.0 Å². The van der Waals surface area contributed by atoms with Gasteiger partial charge in [-0.2, -0.15) is 0 Å². The van der Waals surface area contributed by atoms with E-state index in [1.54, 1.807) is 6.07 Å². The Morgan fingerprint density at radius 1 is 1.32 bits per heavy atom. The molecule has 0 unspecified atom stereocenters. The van der Waals surface area contributed by atoms with Crippen LogP contribution in [0.2, 0.25) is 0 Å². The lowest BCUT2D eigenvalue weighted by Gasteiger charge is -2.20. The molecule has 1 aromatic rings. The Balaban J connectivity index is 2.05. The summed E-state index contributed by atoms with van der Waals surface area (Å²) in [5, 5.41) is 8.59. The number of fused-ring (bicyclic) bond motifs is 1. The summed E-state index contributed by atoms with van der Waals surface area (Å²) in [6.07, 6.45) is 1.92. The average molecular weight is 261 g/mol. The highest BCUT2D eigenvalue weighted by Gasteiger charge is 2.17. The highest BCUT2D eigenvalue weighted by molar-refractivity contribution is 5.99. The van der Waals surface area contributed by atoms with Crippen LogP contribution >= 0.6 is 0 Å². The van der Waals surface area contributed by atoms with E-state index >= 15 is 0 Å². The average Bonchev–Trinajstić information content (AvgIpc) is 2.44. The standard InChI is InChI=1S/C14H19N3O2/c1-2-15-13(18)9-17-14(19)11-5-3-7-12-10(11)6-4-8-16-12/h3,5,7,16H,2,4,6,8-9H2,1H3,(H,15,18)(H,17,19). The van der Waals surface area contributed by atoms with Gasteiger partial charge >= 0.3 is 0 Å². The number of likely N-dealkylation sites (N-methyl/N-ethyl adjacent to an activating group) is 1. The van der Waals surface area contributed by atoms with E-state index in [0.717, 1.165) is 30.6 Å². The van der Waals surface area contributed by atoms with Gasteiger partial charge in [0.1, 0.15) is 0 Å². The van der Waals surface area contributed by atoms with Crippen molar-refractivity contribution in [3.05, 3.63) is 29.3 Å². The van der Waals surface area contributed by atoms with Gasteiger partial charge in [0.2, 0.25) is 5.91 Å². The van der Waals surface area contributed by atoms with Crippen LogP contribution in [-0.2, 0) is 11.2 Å². The summed E-state index contributed by atoms with van der Waals surface area (Å²) >= 11 is 0. The van der Waals surface area contributed by atoms with Crippen LogP contribution in [-0.4, -0.2) is 31.4 Å². The molecule has 5 heteroatoms. The largest absolute Gasteiger partial charge is 0.385 e. The number of nitrogens with one attached hydrogen (secondary N) is 3. The van der Waals surface area contributed by atoms with Crippen molar-refractivity contribution in [3.8, 4) is 0 Å². The van der Waals surface area contributed by atoms with Crippen LogP contribution in [0.25, 0.3) is 0 Å². The predicted octanol–water partition coefficient (Wildman–Crippen LogP) is 0.911. The number of amides is 2. The minimum atomic E-state index is -0.188. The number of hydrogen-bond acceptors (Lipinski definition) is 3. The Hall–Kier alpha value is -2.04. The molecule has 0 radical (unpaired) electrons. The number of carbonyl (C=O) groups is 2. The van der Waals surface area contributed by atoms with Crippen molar-refractivity contribution in [2.75, 3.05) is 25.0 Å². The molecule has 1 aliphatic heterocycles. The van der Waals surface area contributed by atoms with Gasteiger partial charge in [-0.3, -0.25) is 9.59 Å². The Kier molecular flexibility index (Phi) is 4.39. The van der Waals surface area contributed by atoms with Crippen molar-refractivity contribution in [2.24, 2.45) is 0 Å². The Labute approximate surface area is 112 Å². The number of carbonyl (C=O) groups excluding carboxylic acids is 2. The van der Waals surface area contributed by atoms with Gasteiger partial charge in [-0.1, -0.05) is 6.07 Å². The number of benzene rings is 1. The van der Waals surface area contributed by atoms with E-state index in [-0.39, 0.29) is 18.4 Å². The van der Waals surface area contributed by atoms with Gasteiger partial charge in [-0.15, -0.1) is 0 Å². The zero-order valence-electron chi connectivity index (χ0n) is 11.1. The molecule has 19 heavy (non-hydrogen) atoms. The van der Waals surface area contributed by atoms with Crippen molar-refractivity contribution < 1.29 is 9.59 Å². The van der Waals surface area contributed by atoms with Crippen LogP contribution < -0.4 is 16.0 Å². The van der Waals surface area contributed by atoms with Gasteiger partial charge in [0.25, 0.3) is 5.91 Å². The molecule has 0 atom stereocenters. The second kappa shape index (κ2) is 6.22. The minimum absolute atomic E-state index is 0.0176. The maximum atomic E-state index is 12.1. The van der Waals surface area contributed by atoms with E-state index in [4.69, 9.17) is 0 Å². The lowest BCUT2D eigenvalue weighted by Crippen LogP contribution is -2.37. The monoisotopic (exact) mass is 261 g/mol. The van der Waals surface area contributed by atoms with E-state index < -0.39 is 0 Å². The van der Waals surface area contributed by atoms with Crippen LogP contribution in [0, 0.1) is 0 Å². The molecule has 5 nitrogen and oxygen atoms in total. The van der Waals surface area contributed by atoms with Gasteiger partial charge in [-0.25, -0.2) is 0 Å². The zero-order valence-corrected chi connectivity index (χ0v) is 11.1. The van der Waals surface area contributed by atoms with Crippen molar-refractivity contribution >= 4 is 17.5 Å². The van der Waals surface area contributed by atoms with E-state index in [1.165, 1.54) is 0 Å². The maximum Gasteiger partial charge on any atom is 0.252 e. The smallest absolute Gasteiger partial charge is 0.252 e. The third-order valence-corrected chi connectivity index (χ3v) is 3.12. The molecule has 0 spiro atoms. The molecule has 102 valence electrons. The molecule has 2 rings (SSSR count). The third-order valence-electron chi connectivity index (χ3n) is 3.12. The Bertz CT molecular complexity index is 486. The molecule has 0 aliphatic carbocycles. The van der Waals surface area contributed by atoms with Gasteiger partial charge in [0.15, 0.2) is 0 Å². The zero-order chi connectivity index (χ0) is 13.7. The first kappa shape index (κ1) is 13.4. The summed E-state index contributed by atoms with van der Waals surface area (Å²) in [5.41, 5.74) is 2.73. The highest BCUT2D eigenvalue weighted by Crippen LogP contribution is 2.25. The first-order valence-corrected chi connectivity index (χ1v) is 6.63. The van der Waals surface area contributed by atoms with Gasteiger partial charge in [-0.05, 0) is 37.5 Å². The highest BCUT2D eigenvalue weighted by atomic mass is 16.2. The molecule has 3 N–H and O–H groups in total. The molecule has 0 aromatic heterocycles. The number of anilines is 1. The first-order chi connectivity index (χ1) is 9.22. The van der Waals surface area contributed by atoms with Crippen LogP contribution in [0.5, 0.6) is 0 Å². The summed E-state index contributed by atoms with van der Waals surface area (Å²) in [6.45, 7) is 3.37. The minimum Gasteiger partial charge on any atom is -0.385 e. The van der Waals surface area contributed by atoms with Crippen molar-refractivity contribution in [1.29, 1.82) is 0 Å². The normalized spacial score (nSPS) is 13.1. The fraction of sp³-hybridized carbons (Fsp3) is 0.429. The second-order valence-corrected chi connectivity index (χ2v) is 4.50. The second-order valence-electron chi connectivity index (χ2n) is 4.50. The SMILES string of the molecule is CCNC(=O)CNC(=O)c1cccc2c1CCCN2. The topological polar surface area (TPSA) is 70.2 Å². The van der Waals surface area contributed by atoms with E-state index in [1.807, 2.05) is 19.1 Å². The maximum absolute atomic E-state index is 12.1. The molecule has 0 fully saturated rings. The fourth-order valence-corrected chi connectivity index (χ4v) is 2.24. The molecule has 1 heterocycles. The quantitative estimate of drug-likeness (QED) is 0.754. The van der Waals surface area contributed by atoms with Crippen LogP contribution in [0.15, 0.2) is 18.2 Å². The number of rotatable bonds is 4. The molecule has 0 saturated carbocycles. The summed E-state index contributed by atoms with van der Waals surface area (Å²) in [6, 6.07) is 5.64. The molecule has 1 aliphatic rings. The molecule has 2 amide bonds. The summed E-state index contributed by atoms with van der Waals surface area (Å²) in [5.74, 6) is -0.356. The van der Waals surface area contributed by atoms with Crippen molar-refractivity contribution in [3.63, 3.8) is 0 Å². The van der Waals surface area contributed by atoms with Crippen molar-refractivity contribution in [2.45, 2.75) is 19.8 Å². The summed E-state index contributed by atoms with van der Waals surface area (Å²) in [4.78, 5) is 23.4. The van der Waals surface area contributed by atoms with Crippen LogP contribution in [0.1, 0.15) is 29.3 Å².